The number of carbonyl (C=O) groups is 3. The molecule has 0 spiro atoms. The van der Waals surface area contributed by atoms with Crippen LogP contribution in [0.15, 0.2) is 48.5 Å². The Bertz CT molecular complexity index is 886. The molecule has 2 aromatic rings. The minimum Gasteiger partial charge on any atom is -0.319 e. The molecule has 1 aliphatic rings. The third-order valence-corrected chi connectivity index (χ3v) is 4.51. The highest BCUT2D eigenvalue weighted by Crippen LogP contribution is 2.32. The molecule has 1 fully saturated rings. The average Bonchev–Trinajstić information content (AvgIpc) is 2.87. The number of nitrogens with zero attached hydrogens (tertiary/aromatic N) is 1. The van der Waals surface area contributed by atoms with Crippen LogP contribution in [0.5, 0.6) is 0 Å². The smallest absolute Gasteiger partial charge is 0.319 e. The van der Waals surface area contributed by atoms with Crippen LogP contribution in [0.2, 0.25) is 0 Å². The van der Waals surface area contributed by atoms with Crippen LogP contribution in [0.25, 0.3) is 0 Å². The first-order valence-electron chi connectivity index (χ1n) is 8.07. The van der Waals surface area contributed by atoms with Crippen molar-refractivity contribution >= 4 is 17.7 Å². The van der Waals surface area contributed by atoms with E-state index >= 15 is 0 Å². The molecule has 1 saturated heterocycles. The second-order valence-electron chi connectivity index (χ2n) is 5.99. The average molecular weight is 358 g/mol. The highest BCUT2D eigenvalue weighted by atomic mass is 19.1. The van der Waals surface area contributed by atoms with Crippen LogP contribution in [-0.4, -0.2) is 29.2 Å². The number of halogens is 2. The molecule has 1 atom stereocenters. The Morgan fingerprint density at radius 2 is 1.81 bits per heavy atom. The summed E-state index contributed by atoms with van der Waals surface area (Å²) in [5, 5.41) is 2.65. The number of rotatable bonds is 5. The standard InChI is InChI=1S/C19H16F2N2O3/c1-2-19(12-6-4-3-5-7-12)17(25)23(18(26)22-19)11-16(24)14-9-8-13(20)10-15(14)21/h3-10H,2,11H2,1H3,(H,22,26)/t19-/m0/s1. The predicted octanol–water partition coefficient (Wildman–Crippen LogP) is 3.00. The zero-order valence-corrected chi connectivity index (χ0v) is 14.0. The molecular weight excluding hydrogens is 342 g/mol. The molecule has 26 heavy (non-hydrogen) atoms. The third-order valence-electron chi connectivity index (χ3n) is 4.51. The van der Waals surface area contributed by atoms with Gasteiger partial charge in [-0.05, 0) is 24.1 Å². The van der Waals surface area contributed by atoms with E-state index in [1.165, 1.54) is 0 Å². The number of benzene rings is 2. The molecule has 1 heterocycles. The maximum Gasteiger partial charge on any atom is 0.325 e. The van der Waals surface area contributed by atoms with E-state index in [9.17, 15) is 23.2 Å². The van der Waals surface area contributed by atoms with Crippen LogP contribution < -0.4 is 5.32 Å². The van der Waals surface area contributed by atoms with Crippen molar-refractivity contribution in [3.8, 4) is 0 Å². The van der Waals surface area contributed by atoms with Crippen molar-refractivity contribution in [3.05, 3.63) is 71.3 Å². The number of amides is 3. The molecule has 2 aromatic carbocycles. The predicted molar refractivity (Wildman–Crippen MR) is 89.3 cm³/mol. The van der Waals surface area contributed by atoms with Gasteiger partial charge < -0.3 is 5.32 Å². The Labute approximate surface area is 148 Å². The number of urea groups is 1. The molecule has 0 aromatic heterocycles. The molecule has 1 aliphatic heterocycles. The van der Waals surface area contributed by atoms with Gasteiger partial charge in [0.1, 0.15) is 17.2 Å². The number of hydrogen-bond acceptors (Lipinski definition) is 3. The van der Waals surface area contributed by atoms with Gasteiger partial charge in [-0.15, -0.1) is 0 Å². The van der Waals surface area contributed by atoms with Gasteiger partial charge in [-0.1, -0.05) is 37.3 Å². The highest BCUT2D eigenvalue weighted by molar-refractivity contribution is 6.11. The van der Waals surface area contributed by atoms with E-state index in [2.05, 4.69) is 5.32 Å². The minimum atomic E-state index is -1.26. The van der Waals surface area contributed by atoms with Gasteiger partial charge >= 0.3 is 6.03 Å². The Morgan fingerprint density at radius 3 is 2.42 bits per heavy atom. The van der Waals surface area contributed by atoms with E-state index in [0.29, 0.717) is 11.6 Å². The largest absolute Gasteiger partial charge is 0.325 e. The van der Waals surface area contributed by atoms with E-state index in [4.69, 9.17) is 0 Å². The SMILES string of the molecule is CC[C@@]1(c2ccccc2)NC(=O)N(CC(=O)c2ccc(F)cc2F)C1=O. The molecule has 5 nitrogen and oxygen atoms in total. The topological polar surface area (TPSA) is 66.5 Å². The van der Waals surface area contributed by atoms with Crippen molar-refractivity contribution < 1.29 is 23.2 Å². The summed E-state index contributed by atoms with van der Waals surface area (Å²) in [5.41, 5.74) is -1.04. The Kier molecular flexibility index (Phi) is 4.54. The van der Waals surface area contributed by atoms with E-state index in [-0.39, 0.29) is 12.0 Å². The molecule has 1 N–H and O–H groups in total. The number of carbonyl (C=O) groups excluding carboxylic acids is 3. The third kappa shape index (κ3) is 2.85. The maximum atomic E-state index is 13.8. The van der Waals surface area contributed by atoms with Crippen LogP contribution in [-0.2, 0) is 10.3 Å². The summed E-state index contributed by atoms with van der Waals surface area (Å²) in [6, 6.07) is 10.5. The second-order valence-corrected chi connectivity index (χ2v) is 5.99. The molecule has 3 amide bonds. The van der Waals surface area contributed by atoms with Crippen LogP contribution in [0.1, 0.15) is 29.3 Å². The summed E-state index contributed by atoms with van der Waals surface area (Å²) in [7, 11) is 0. The lowest BCUT2D eigenvalue weighted by Gasteiger charge is -2.25. The first-order valence-corrected chi connectivity index (χ1v) is 8.07. The lowest BCUT2D eigenvalue weighted by atomic mass is 9.87. The molecule has 3 rings (SSSR count). The molecule has 0 radical (unpaired) electrons. The van der Waals surface area contributed by atoms with Crippen LogP contribution in [0, 0.1) is 11.6 Å². The number of Topliss-reactive ketones (excluding diaryl/α,β-unsaturated/α-hetero) is 1. The van der Waals surface area contributed by atoms with E-state index < -0.39 is 41.4 Å². The highest BCUT2D eigenvalue weighted by Gasteiger charge is 2.51. The lowest BCUT2D eigenvalue weighted by Crippen LogP contribution is -2.43. The first-order chi connectivity index (χ1) is 12.4. The molecule has 0 saturated carbocycles. The fourth-order valence-electron chi connectivity index (χ4n) is 3.08. The summed E-state index contributed by atoms with van der Waals surface area (Å²) in [6.45, 7) is 1.12. The summed E-state index contributed by atoms with van der Waals surface area (Å²) in [6.07, 6.45) is 0.289. The van der Waals surface area contributed by atoms with Crippen LogP contribution >= 0.6 is 0 Å². The molecule has 134 valence electrons. The van der Waals surface area contributed by atoms with Crippen LogP contribution in [0.4, 0.5) is 13.6 Å². The summed E-state index contributed by atoms with van der Waals surface area (Å²) >= 11 is 0. The molecule has 0 aliphatic carbocycles. The van der Waals surface area contributed by atoms with Crippen molar-refractivity contribution in [1.82, 2.24) is 10.2 Å². The summed E-state index contributed by atoms with van der Waals surface area (Å²) in [4.78, 5) is 38.3. The van der Waals surface area contributed by atoms with Gasteiger partial charge in [0.2, 0.25) is 0 Å². The van der Waals surface area contributed by atoms with Crippen molar-refractivity contribution in [2.24, 2.45) is 0 Å². The molecule has 0 unspecified atom stereocenters. The Hall–Kier alpha value is -3.09. The van der Waals surface area contributed by atoms with Gasteiger partial charge in [-0.3, -0.25) is 14.5 Å². The number of ketones is 1. The van der Waals surface area contributed by atoms with Crippen molar-refractivity contribution in [2.45, 2.75) is 18.9 Å². The van der Waals surface area contributed by atoms with Gasteiger partial charge in [0.25, 0.3) is 5.91 Å². The van der Waals surface area contributed by atoms with Crippen molar-refractivity contribution in [1.29, 1.82) is 0 Å². The van der Waals surface area contributed by atoms with Gasteiger partial charge in [0.05, 0.1) is 12.1 Å². The summed E-state index contributed by atoms with van der Waals surface area (Å²) in [5.74, 6) is -3.21. The molecule has 0 bridgehead atoms. The van der Waals surface area contributed by atoms with Crippen molar-refractivity contribution in [3.63, 3.8) is 0 Å². The lowest BCUT2D eigenvalue weighted by molar-refractivity contribution is -0.131. The fourth-order valence-corrected chi connectivity index (χ4v) is 3.08. The Balaban J connectivity index is 1.88. The van der Waals surface area contributed by atoms with E-state index in [1.54, 1.807) is 37.3 Å². The molecule has 7 heteroatoms. The maximum absolute atomic E-state index is 13.8. The Morgan fingerprint density at radius 1 is 1.12 bits per heavy atom. The fraction of sp³-hybridized carbons (Fsp3) is 0.211. The van der Waals surface area contributed by atoms with Crippen molar-refractivity contribution in [2.75, 3.05) is 6.54 Å². The monoisotopic (exact) mass is 358 g/mol. The van der Waals surface area contributed by atoms with Crippen LogP contribution in [0.3, 0.4) is 0 Å². The first kappa shape index (κ1) is 17.7. The zero-order valence-electron chi connectivity index (χ0n) is 14.0. The normalized spacial score (nSPS) is 19.6. The van der Waals surface area contributed by atoms with E-state index in [0.717, 1.165) is 17.0 Å². The molecular formula is C19H16F2N2O3. The number of nitrogens with one attached hydrogen (secondary N) is 1. The van der Waals surface area contributed by atoms with Gasteiger partial charge in [-0.2, -0.15) is 0 Å². The zero-order chi connectivity index (χ0) is 18.9. The van der Waals surface area contributed by atoms with Gasteiger partial charge in [-0.25, -0.2) is 13.6 Å². The quantitative estimate of drug-likeness (QED) is 0.660. The summed E-state index contributed by atoms with van der Waals surface area (Å²) < 4.78 is 26.8. The van der Waals surface area contributed by atoms with E-state index in [1.807, 2.05) is 0 Å². The number of imide groups is 1. The minimum absolute atomic E-state index is 0.289. The van der Waals surface area contributed by atoms with Gasteiger partial charge in [0.15, 0.2) is 5.78 Å². The van der Waals surface area contributed by atoms with Gasteiger partial charge in [0, 0.05) is 6.07 Å². The number of hydrogen-bond donors (Lipinski definition) is 1. The second kappa shape index (κ2) is 6.67.